The van der Waals surface area contributed by atoms with Gasteiger partial charge in [-0.2, -0.15) is 0 Å². The Bertz CT molecular complexity index is 302. The topological polar surface area (TPSA) is 12.9 Å². The molecule has 1 aromatic heterocycles. The monoisotopic (exact) mass is 239 g/mol. The van der Waals surface area contributed by atoms with E-state index in [-0.39, 0.29) is 17.4 Å². The molecular weight excluding hydrogens is 238 g/mol. The number of alkyl halides is 3. The Balaban J connectivity index is 0.00000144. The third-order valence-electron chi connectivity index (χ3n) is 1.22. The first-order valence-corrected chi connectivity index (χ1v) is 4.04. The zero-order chi connectivity index (χ0) is 9.35. The fourth-order valence-corrected chi connectivity index (χ4v) is 1.39. The van der Waals surface area contributed by atoms with Crippen LogP contribution >= 0.6 is 11.6 Å². The van der Waals surface area contributed by atoms with E-state index >= 15 is 0 Å². The fourth-order valence-electron chi connectivity index (χ4n) is 0.679. The van der Waals surface area contributed by atoms with Crippen LogP contribution in [0.4, 0.5) is 13.2 Å². The van der Waals surface area contributed by atoms with Crippen LogP contribution in [0, 0.1) is 0 Å². The number of rotatable bonds is 0. The van der Waals surface area contributed by atoms with Crippen LogP contribution in [0.15, 0.2) is 12.3 Å². The molecule has 0 saturated heterocycles. The summed E-state index contributed by atoms with van der Waals surface area (Å²) in [6, 6.07) is 1.20. The van der Waals surface area contributed by atoms with Crippen molar-refractivity contribution >= 4 is 37.1 Å². The van der Waals surface area contributed by atoms with Gasteiger partial charge >= 0.3 is 84.3 Å². The van der Waals surface area contributed by atoms with E-state index in [4.69, 9.17) is 11.6 Å². The van der Waals surface area contributed by atoms with Gasteiger partial charge in [0, 0.05) is 0 Å². The summed E-state index contributed by atoms with van der Waals surface area (Å²) >= 11 is 6.74. The Kier molecular flexibility index (Phi) is 4.78. The van der Waals surface area contributed by atoms with E-state index in [0.717, 1.165) is 6.20 Å². The first-order valence-electron chi connectivity index (χ1n) is 2.96. The van der Waals surface area contributed by atoms with Gasteiger partial charge in [-0.25, -0.2) is 0 Å². The summed E-state index contributed by atoms with van der Waals surface area (Å²) in [5, 5.41) is -0.303. The van der Waals surface area contributed by atoms with Crippen LogP contribution < -0.4 is 16.2 Å². The molecule has 0 N–H and O–H groups in total. The molecule has 0 aliphatic carbocycles. The molecule has 0 amide bonds. The Hall–Kier alpha value is 0.286. The van der Waals surface area contributed by atoms with Crippen molar-refractivity contribution in [2.75, 3.05) is 0 Å². The summed E-state index contributed by atoms with van der Waals surface area (Å²) in [6.45, 7) is 0. The molecule has 0 aliphatic rings. The quantitative estimate of drug-likeness (QED) is 0.506. The van der Waals surface area contributed by atoms with Crippen LogP contribution in [0.5, 0.6) is 0 Å². The van der Waals surface area contributed by atoms with Gasteiger partial charge < -0.3 is 12.4 Å². The van der Waals surface area contributed by atoms with Gasteiger partial charge in [0.2, 0.25) is 0 Å². The van der Waals surface area contributed by atoms with Crippen LogP contribution in [0.1, 0.15) is 5.56 Å². The van der Waals surface area contributed by atoms with Gasteiger partial charge in [-0.3, -0.25) is 0 Å². The third kappa shape index (κ3) is 3.49. The molecule has 1 nitrogen and oxygen atoms in total. The molecule has 0 bridgehead atoms. The fraction of sp³-hybridized carbons (Fsp3) is 0.167. The molecule has 0 atom stereocenters. The number of halogens is 5. The summed E-state index contributed by atoms with van der Waals surface area (Å²) in [7, 11) is 0. The minimum absolute atomic E-state index is 0. The van der Waals surface area contributed by atoms with Crippen molar-refractivity contribution in [2.45, 2.75) is 6.18 Å². The second-order valence-corrected chi connectivity index (χ2v) is 3.28. The predicted molar refractivity (Wildman–Crippen MR) is 39.6 cm³/mol. The molecule has 0 spiro atoms. The van der Waals surface area contributed by atoms with Crippen LogP contribution in [0.2, 0.25) is 5.02 Å². The average Bonchev–Trinajstić information content (AvgIpc) is 1.83. The Morgan fingerprint density at radius 3 is 2.31 bits per heavy atom. The summed E-state index contributed by atoms with van der Waals surface area (Å²) in [4.78, 5) is 3.51. The molecule has 0 aliphatic heterocycles. The van der Waals surface area contributed by atoms with Crippen molar-refractivity contribution in [2.24, 2.45) is 0 Å². The van der Waals surface area contributed by atoms with E-state index in [0.29, 0.717) is 3.82 Å². The summed E-state index contributed by atoms with van der Waals surface area (Å²) in [5.41, 5.74) is -0.889. The minimum atomic E-state index is -4.42. The van der Waals surface area contributed by atoms with E-state index in [1.165, 1.54) is 27.8 Å². The predicted octanol–water partition coefficient (Wildman–Crippen LogP) is -1.45. The molecule has 0 fully saturated rings. The minimum Gasteiger partial charge on any atom is -1.00 e. The molecule has 1 aromatic rings. The van der Waals surface area contributed by atoms with Gasteiger partial charge in [0.15, 0.2) is 0 Å². The summed E-state index contributed by atoms with van der Waals surface area (Å²) < 4.78 is 36.7. The zero-order valence-corrected chi connectivity index (χ0v) is 9.12. The van der Waals surface area contributed by atoms with E-state index < -0.39 is 11.7 Å². The molecule has 1 heterocycles. The number of hydrogen-bond acceptors (Lipinski definition) is 1. The molecule has 0 aromatic carbocycles. The van der Waals surface area contributed by atoms with Gasteiger partial charge in [0.05, 0.1) is 0 Å². The molecular formula is C6H2Cl2F3MgN. The number of pyridine rings is 1. The van der Waals surface area contributed by atoms with Crippen LogP contribution in [-0.2, 0) is 6.18 Å². The molecule has 0 radical (unpaired) electrons. The largest absolute Gasteiger partial charge is 1.00 e. The standard InChI is InChI=1S/C6H2ClF3N.ClH.Mg/c7-5-1-2-11-3-4(5)6(8,9)10;;/h1,3H;1H;/q;;+1/p-1. The Morgan fingerprint density at radius 2 is 1.92 bits per heavy atom. The van der Waals surface area contributed by atoms with E-state index in [1.807, 2.05) is 0 Å². The van der Waals surface area contributed by atoms with Crippen LogP contribution in [0.3, 0.4) is 0 Å². The number of nitrogens with zero attached hydrogens (tertiary/aromatic N) is 1. The molecule has 68 valence electrons. The second kappa shape index (κ2) is 4.68. The SMILES string of the molecule is FC(F)(F)c1cn[c]([Mg+])cc1Cl.[Cl-]. The van der Waals surface area contributed by atoms with Crippen LogP contribution in [-0.4, -0.2) is 26.7 Å². The van der Waals surface area contributed by atoms with Gasteiger partial charge in [-0.1, -0.05) is 0 Å². The smallest absolute Gasteiger partial charge is 1.00 e. The van der Waals surface area contributed by atoms with Gasteiger partial charge in [0.1, 0.15) is 0 Å². The van der Waals surface area contributed by atoms with Crippen molar-refractivity contribution in [3.63, 3.8) is 0 Å². The number of aromatic nitrogens is 1. The van der Waals surface area contributed by atoms with Crippen molar-refractivity contribution in [1.29, 1.82) is 0 Å². The first kappa shape index (κ1) is 13.3. The van der Waals surface area contributed by atoms with Crippen molar-refractivity contribution in [1.82, 2.24) is 4.98 Å². The van der Waals surface area contributed by atoms with Crippen LogP contribution in [0.25, 0.3) is 0 Å². The average molecular weight is 240 g/mol. The van der Waals surface area contributed by atoms with Crippen molar-refractivity contribution in [3.05, 3.63) is 22.8 Å². The van der Waals surface area contributed by atoms with E-state index in [1.54, 1.807) is 0 Å². The molecule has 1 rings (SSSR count). The second-order valence-electron chi connectivity index (χ2n) is 2.15. The normalized spacial score (nSPS) is 10.9. The van der Waals surface area contributed by atoms with Crippen molar-refractivity contribution < 1.29 is 25.6 Å². The maximum Gasteiger partial charge on any atom is -1.00 e. The summed E-state index contributed by atoms with van der Waals surface area (Å²) in [5.74, 6) is 0. The van der Waals surface area contributed by atoms with Gasteiger partial charge in [-0.05, 0) is 0 Å². The molecule has 7 heteroatoms. The van der Waals surface area contributed by atoms with Gasteiger partial charge in [0.25, 0.3) is 0 Å². The number of hydrogen-bond donors (Lipinski definition) is 0. The Morgan fingerprint density at radius 1 is 1.38 bits per heavy atom. The maximum atomic E-state index is 12.1. The maximum absolute atomic E-state index is 12.1. The third-order valence-corrected chi connectivity index (χ3v) is 1.91. The molecule has 13 heavy (non-hydrogen) atoms. The molecule has 0 saturated carbocycles. The van der Waals surface area contributed by atoms with Crippen molar-refractivity contribution in [3.8, 4) is 0 Å². The van der Waals surface area contributed by atoms with Gasteiger partial charge in [-0.15, -0.1) is 0 Å². The van der Waals surface area contributed by atoms with E-state index in [2.05, 4.69) is 4.98 Å². The zero-order valence-electron chi connectivity index (χ0n) is 6.20. The Labute approximate surface area is 96.5 Å². The first-order chi connectivity index (χ1) is 5.41. The molecule has 0 unspecified atom stereocenters. The summed E-state index contributed by atoms with van der Waals surface area (Å²) in [6.07, 6.45) is -3.68. The van der Waals surface area contributed by atoms with E-state index in [9.17, 15) is 13.2 Å².